The molecule has 0 saturated carbocycles. The first-order valence-corrected chi connectivity index (χ1v) is 7.64. The van der Waals surface area contributed by atoms with Crippen molar-refractivity contribution in [2.45, 2.75) is 33.2 Å². The SMILES string of the molecule is CN=C(NCc1nc(C)c(C)o1)NCC1CCCN(C)C1.I. The predicted octanol–water partition coefficient (Wildman–Crippen LogP) is 1.92. The van der Waals surface area contributed by atoms with Crippen LogP contribution in [0.1, 0.15) is 30.2 Å². The van der Waals surface area contributed by atoms with Crippen molar-refractivity contribution in [3.8, 4) is 0 Å². The van der Waals surface area contributed by atoms with Crippen LogP contribution in [0.25, 0.3) is 0 Å². The van der Waals surface area contributed by atoms with Gasteiger partial charge >= 0.3 is 0 Å². The topological polar surface area (TPSA) is 65.7 Å². The molecular weight excluding hydrogens is 393 g/mol. The molecule has 1 saturated heterocycles. The number of hydrogen-bond acceptors (Lipinski definition) is 4. The number of oxazole rings is 1. The highest BCUT2D eigenvalue weighted by Crippen LogP contribution is 2.13. The van der Waals surface area contributed by atoms with Crippen molar-refractivity contribution < 1.29 is 4.42 Å². The van der Waals surface area contributed by atoms with Gasteiger partial charge in [-0.05, 0) is 46.2 Å². The molecule has 0 aliphatic carbocycles. The van der Waals surface area contributed by atoms with Crippen LogP contribution in [0, 0.1) is 19.8 Å². The van der Waals surface area contributed by atoms with E-state index in [-0.39, 0.29) is 24.0 Å². The maximum Gasteiger partial charge on any atom is 0.214 e. The van der Waals surface area contributed by atoms with Crippen LogP contribution in [0.2, 0.25) is 0 Å². The lowest BCUT2D eigenvalue weighted by Crippen LogP contribution is -2.43. The Labute approximate surface area is 150 Å². The largest absolute Gasteiger partial charge is 0.444 e. The van der Waals surface area contributed by atoms with Gasteiger partial charge in [-0.15, -0.1) is 24.0 Å². The molecule has 22 heavy (non-hydrogen) atoms. The number of rotatable bonds is 4. The Bertz CT molecular complexity index is 469. The molecule has 1 fully saturated rings. The lowest BCUT2D eigenvalue weighted by atomic mass is 9.99. The normalized spacial score (nSPS) is 19.6. The third-order valence-electron chi connectivity index (χ3n) is 3.98. The zero-order chi connectivity index (χ0) is 15.2. The van der Waals surface area contributed by atoms with Crippen molar-refractivity contribution in [2.75, 3.05) is 33.7 Å². The smallest absolute Gasteiger partial charge is 0.214 e. The summed E-state index contributed by atoms with van der Waals surface area (Å²) in [6, 6.07) is 0. The molecule has 0 radical (unpaired) electrons. The van der Waals surface area contributed by atoms with Gasteiger partial charge < -0.3 is 20.0 Å². The van der Waals surface area contributed by atoms with Crippen molar-refractivity contribution in [2.24, 2.45) is 10.9 Å². The molecule has 1 aliphatic rings. The summed E-state index contributed by atoms with van der Waals surface area (Å²) in [7, 11) is 3.97. The van der Waals surface area contributed by atoms with Crippen molar-refractivity contribution in [1.82, 2.24) is 20.5 Å². The van der Waals surface area contributed by atoms with Gasteiger partial charge in [-0.2, -0.15) is 0 Å². The predicted molar refractivity (Wildman–Crippen MR) is 99.8 cm³/mol. The Kier molecular flexibility index (Phi) is 8.16. The summed E-state index contributed by atoms with van der Waals surface area (Å²) in [5.74, 6) is 3.07. The van der Waals surface area contributed by atoms with Gasteiger partial charge in [0.05, 0.1) is 12.2 Å². The molecule has 2 N–H and O–H groups in total. The summed E-state index contributed by atoms with van der Waals surface area (Å²) in [6.07, 6.45) is 2.57. The highest BCUT2D eigenvalue weighted by atomic mass is 127. The Morgan fingerprint density at radius 3 is 2.77 bits per heavy atom. The van der Waals surface area contributed by atoms with Crippen LogP contribution < -0.4 is 10.6 Å². The number of nitrogens with zero attached hydrogens (tertiary/aromatic N) is 3. The maximum absolute atomic E-state index is 5.55. The van der Waals surface area contributed by atoms with Crippen LogP contribution in [-0.4, -0.2) is 49.6 Å². The first kappa shape index (κ1) is 19.2. The van der Waals surface area contributed by atoms with Crippen LogP contribution in [-0.2, 0) is 6.54 Å². The van der Waals surface area contributed by atoms with Gasteiger partial charge in [0.15, 0.2) is 5.96 Å². The fraction of sp³-hybridized carbons (Fsp3) is 0.733. The molecule has 0 spiro atoms. The minimum Gasteiger partial charge on any atom is -0.444 e. The van der Waals surface area contributed by atoms with Gasteiger partial charge in [0.25, 0.3) is 0 Å². The number of aromatic nitrogens is 1. The molecule has 126 valence electrons. The van der Waals surface area contributed by atoms with E-state index < -0.39 is 0 Å². The average Bonchev–Trinajstić information content (AvgIpc) is 2.78. The van der Waals surface area contributed by atoms with Crippen molar-refractivity contribution in [3.05, 3.63) is 17.3 Å². The zero-order valence-electron chi connectivity index (χ0n) is 14.0. The highest BCUT2D eigenvalue weighted by Gasteiger charge is 2.17. The van der Waals surface area contributed by atoms with Crippen molar-refractivity contribution in [3.63, 3.8) is 0 Å². The van der Waals surface area contributed by atoms with Gasteiger partial charge in [-0.1, -0.05) is 0 Å². The Hall–Kier alpha value is -0.830. The standard InChI is InChI=1S/C15H27N5O.HI/c1-11-12(2)21-14(19-11)9-18-15(16-3)17-8-13-6-5-7-20(4)10-13;/h13H,5-10H2,1-4H3,(H2,16,17,18);1H. The number of piperidine rings is 1. The molecular formula is C15H28IN5O. The molecule has 1 aromatic rings. The quantitative estimate of drug-likeness (QED) is 0.442. The number of aryl methyl sites for hydroxylation is 2. The number of guanidine groups is 1. The molecule has 1 atom stereocenters. The lowest BCUT2D eigenvalue weighted by Gasteiger charge is -2.30. The molecule has 1 unspecified atom stereocenters. The number of hydrogen-bond donors (Lipinski definition) is 2. The van der Waals surface area contributed by atoms with Crippen molar-refractivity contribution in [1.29, 1.82) is 0 Å². The van der Waals surface area contributed by atoms with Crippen molar-refractivity contribution >= 4 is 29.9 Å². The van der Waals surface area contributed by atoms with E-state index in [1.165, 1.54) is 19.4 Å². The second-order valence-electron chi connectivity index (χ2n) is 5.83. The minimum atomic E-state index is 0. The fourth-order valence-electron chi connectivity index (χ4n) is 2.68. The molecule has 6 nitrogen and oxygen atoms in total. The van der Waals surface area contributed by atoms with E-state index in [1.54, 1.807) is 7.05 Å². The Morgan fingerprint density at radius 1 is 1.41 bits per heavy atom. The summed E-state index contributed by atoms with van der Waals surface area (Å²) >= 11 is 0. The van der Waals surface area contributed by atoms with Crippen LogP contribution in [0.4, 0.5) is 0 Å². The van der Waals surface area contributed by atoms with E-state index in [4.69, 9.17) is 4.42 Å². The van der Waals surface area contributed by atoms with Gasteiger partial charge in [0, 0.05) is 20.1 Å². The van der Waals surface area contributed by atoms with E-state index >= 15 is 0 Å². The van der Waals surface area contributed by atoms with Gasteiger partial charge in [0.1, 0.15) is 5.76 Å². The minimum absolute atomic E-state index is 0. The molecule has 0 amide bonds. The second kappa shape index (κ2) is 9.34. The Balaban J connectivity index is 0.00000242. The molecule has 0 aromatic carbocycles. The molecule has 1 aliphatic heterocycles. The van der Waals surface area contributed by atoms with Crippen LogP contribution >= 0.6 is 24.0 Å². The van der Waals surface area contributed by atoms with Gasteiger partial charge in [-0.3, -0.25) is 4.99 Å². The molecule has 1 aromatic heterocycles. The van der Waals surface area contributed by atoms with Crippen LogP contribution in [0.5, 0.6) is 0 Å². The van der Waals surface area contributed by atoms with E-state index in [9.17, 15) is 0 Å². The van der Waals surface area contributed by atoms with Crippen LogP contribution in [0.15, 0.2) is 9.41 Å². The van der Waals surface area contributed by atoms with Gasteiger partial charge in [-0.25, -0.2) is 4.98 Å². The first-order valence-electron chi connectivity index (χ1n) is 7.64. The number of aliphatic imine (C=N–C) groups is 1. The summed E-state index contributed by atoms with van der Waals surface area (Å²) in [4.78, 5) is 11.0. The maximum atomic E-state index is 5.55. The number of likely N-dealkylation sites (tertiary alicyclic amines) is 1. The van der Waals surface area contributed by atoms with E-state index in [2.05, 4.69) is 32.6 Å². The van der Waals surface area contributed by atoms with Gasteiger partial charge in [0.2, 0.25) is 5.89 Å². The second-order valence-corrected chi connectivity index (χ2v) is 5.83. The number of nitrogens with one attached hydrogen (secondary N) is 2. The highest BCUT2D eigenvalue weighted by molar-refractivity contribution is 14.0. The third kappa shape index (κ3) is 5.75. The summed E-state index contributed by atoms with van der Waals surface area (Å²) in [5, 5.41) is 6.64. The van der Waals surface area contributed by atoms with E-state index in [0.717, 1.165) is 30.5 Å². The van der Waals surface area contributed by atoms with E-state index in [0.29, 0.717) is 18.4 Å². The zero-order valence-corrected chi connectivity index (χ0v) is 16.3. The van der Waals surface area contributed by atoms with Crippen LogP contribution in [0.3, 0.4) is 0 Å². The third-order valence-corrected chi connectivity index (χ3v) is 3.98. The average molecular weight is 421 g/mol. The monoisotopic (exact) mass is 421 g/mol. The summed E-state index contributed by atoms with van der Waals surface area (Å²) < 4.78 is 5.55. The fourth-order valence-corrected chi connectivity index (χ4v) is 2.68. The Morgan fingerprint density at radius 2 is 2.18 bits per heavy atom. The number of halogens is 1. The van der Waals surface area contributed by atoms with E-state index in [1.807, 2.05) is 13.8 Å². The molecule has 0 bridgehead atoms. The molecule has 2 heterocycles. The first-order chi connectivity index (χ1) is 10.1. The lowest BCUT2D eigenvalue weighted by molar-refractivity contribution is 0.210. The molecule has 2 rings (SSSR count). The molecule has 7 heteroatoms. The summed E-state index contributed by atoms with van der Waals surface area (Å²) in [5.41, 5.74) is 0.944. The summed E-state index contributed by atoms with van der Waals surface area (Å²) in [6.45, 7) is 7.76.